The summed E-state index contributed by atoms with van der Waals surface area (Å²) in [6.45, 7) is 0.511. The van der Waals surface area contributed by atoms with Crippen LogP contribution in [0.1, 0.15) is 24.9 Å². The minimum Gasteiger partial charge on any atom is -0.465 e. The number of methoxy groups -OCH3 is 1. The third kappa shape index (κ3) is 3.92. The molecule has 0 fully saturated rings. The molecular formula is C15H14BrNO3S. The summed E-state index contributed by atoms with van der Waals surface area (Å²) in [5.74, 6) is -0.535. The molecule has 2 aromatic rings. The van der Waals surface area contributed by atoms with E-state index >= 15 is 0 Å². The van der Waals surface area contributed by atoms with Gasteiger partial charge in [-0.25, -0.2) is 4.79 Å². The van der Waals surface area contributed by atoms with E-state index in [0.29, 0.717) is 16.3 Å². The molecule has 4 nitrogen and oxygen atoms in total. The maximum atomic E-state index is 12.3. The van der Waals surface area contributed by atoms with Crippen LogP contribution in [0.25, 0.3) is 0 Å². The average Bonchev–Trinajstić information content (AvgIpc) is 2.97. The van der Waals surface area contributed by atoms with Gasteiger partial charge in [-0.15, -0.1) is 11.3 Å². The predicted octanol–water partition coefficient (Wildman–Crippen LogP) is 3.57. The van der Waals surface area contributed by atoms with E-state index in [2.05, 4.69) is 20.7 Å². The van der Waals surface area contributed by atoms with Gasteiger partial charge < -0.3 is 9.64 Å². The zero-order valence-electron chi connectivity index (χ0n) is 11.6. The number of ether oxygens (including phenoxy) is 1. The monoisotopic (exact) mass is 367 g/mol. The van der Waals surface area contributed by atoms with Crippen molar-refractivity contribution in [3.63, 3.8) is 0 Å². The zero-order chi connectivity index (χ0) is 15.4. The summed E-state index contributed by atoms with van der Waals surface area (Å²) >= 11 is 4.52. The Hall–Kier alpha value is -1.66. The van der Waals surface area contributed by atoms with Crippen LogP contribution in [-0.4, -0.2) is 30.9 Å². The Morgan fingerprint density at radius 1 is 1.14 bits per heavy atom. The van der Waals surface area contributed by atoms with Crippen LogP contribution in [0.3, 0.4) is 0 Å². The van der Waals surface area contributed by atoms with Crippen molar-refractivity contribution in [2.24, 2.45) is 0 Å². The van der Waals surface area contributed by atoms with Crippen molar-refractivity contribution >= 4 is 39.1 Å². The van der Waals surface area contributed by atoms with Gasteiger partial charge >= 0.3 is 5.97 Å². The number of halogens is 1. The highest BCUT2D eigenvalue weighted by atomic mass is 79.9. The minimum absolute atomic E-state index is 0.113. The number of hydrogen-bond acceptors (Lipinski definition) is 4. The molecule has 0 bridgehead atoms. The van der Waals surface area contributed by atoms with Crippen molar-refractivity contribution < 1.29 is 14.3 Å². The van der Waals surface area contributed by atoms with Crippen LogP contribution in [0.15, 0.2) is 40.9 Å². The van der Waals surface area contributed by atoms with E-state index in [-0.39, 0.29) is 5.91 Å². The summed E-state index contributed by atoms with van der Waals surface area (Å²) in [6.07, 6.45) is 0. The molecule has 1 aromatic heterocycles. The molecule has 1 amide bonds. The van der Waals surface area contributed by atoms with Gasteiger partial charge in [0.25, 0.3) is 5.91 Å². The lowest BCUT2D eigenvalue weighted by Gasteiger charge is -2.16. The van der Waals surface area contributed by atoms with Crippen LogP contribution < -0.4 is 0 Å². The van der Waals surface area contributed by atoms with Crippen LogP contribution in [0.2, 0.25) is 0 Å². The van der Waals surface area contributed by atoms with Gasteiger partial charge in [0.2, 0.25) is 0 Å². The Morgan fingerprint density at radius 3 is 2.38 bits per heavy atom. The summed E-state index contributed by atoms with van der Waals surface area (Å²) < 4.78 is 5.64. The number of benzene rings is 1. The molecule has 0 N–H and O–H groups in total. The van der Waals surface area contributed by atoms with Gasteiger partial charge in [-0.3, -0.25) is 4.79 Å². The SMILES string of the molecule is COC(=O)c1ccc(C(=O)N(C)Cc2ccc(Br)cc2)s1. The average molecular weight is 368 g/mol. The van der Waals surface area contributed by atoms with Crippen LogP contribution in [0.4, 0.5) is 0 Å². The highest BCUT2D eigenvalue weighted by molar-refractivity contribution is 9.10. The van der Waals surface area contributed by atoms with E-state index in [9.17, 15) is 9.59 Å². The van der Waals surface area contributed by atoms with Gasteiger partial charge in [0.05, 0.1) is 12.0 Å². The molecule has 2 rings (SSSR count). The van der Waals surface area contributed by atoms with Crippen molar-refractivity contribution in [3.05, 3.63) is 56.2 Å². The Labute approximate surface area is 135 Å². The Bertz CT molecular complexity index is 651. The smallest absolute Gasteiger partial charge is 0.348 e. The maximum Gasteiger partial charge on any atom is 0.348 e. The third-order valence-corrected chi connectivity index (χ3v) is 4.47. The molecule has 21 heavy (non-hydrogen) atoms. The van der Waals surface area contributed by atoms with E-state index in [1.165, 1.54) is 7.11 Å². The molecule has 0 atom stereocenters. The zero-order valence-corrected chi connectivity index (χ0v) is 14.0. The van der Waals surface area contributed by atoms with Gasteiger partial charge in [-0.2, -0.15) is 0 Å². The first-order valence-electron chi connectivity index (χ1n) is 6.19. The second-order valence-corrected chi connectivity index (χ2v) is 6.44. The second-order valence-electron chi connectivity index (χ2n) is 4.44. The molecule has 0 radical (unpaired) electrons. The number of carbonyl (C=O) groups is 2. The highest BCUT2D eigenvalue weighted by Crippen LogP contribution is 2.20. The summed E-state index contributed by atoms with van der Waals surface area (Å²) in [5.41, 5.74) is 1.04. The molecule has 1 heterocycles. The van der Waals surface area contributed by atoms with E-state index in [4.69, 9.17) is 0 Å². The molecular weight excluding hydrogens is 354 g/mol. The van der Waals surface area contributed by atoms with Gasteiger partial charge in [-0.05, 0) is 29.8 Å². The van der Waals surface area contributed by atoms with Crippen LogP contribution >= 0.6 is 27.3 Å². The molecule has 0 aliphatic heterocycles. The van der Waals surface area contributed by atoms with Crippen LogP contribution in [0.5, 0.6) is 0 Å². The van der Waals surface area contributed by atoms with Gasteiger partial charge in [-0.1, -0.05) is 28.1 Å². The normalized spacial score (nSPS) is 10.2. The summed E-state index contributed by atoms with van der Waals surface area (Å²) in [5, 5.41) is 0. The minimum atomic E-state index is -0.422. The van der Waals surface area contributed by atoms with Crippen molar-refractivity contribution in [2.75, 3.05) is 14.2 Å². The molecule has 0 aliphatic carbocycles. The first kappa shape index (κ1) is 15.7. The van der Waals surface area contributed by atoms with Crippen molar-refractivity contribution in [1.29, 1.82) is 0 Å². The predicted molar refractivity (Wildman–Crippen MR) is 85.6 cm³/mol. The first-order chi connectivity index (χ1) is 10.0. The fourth-order valence-electron chi connectivity index (χ4n) is 1.79. The maximum absolute atomic E-state index is 12.3. The molecule has 0 saturated carbocycles. The largest absolute Gasteiger partial charge is 0.465 e. The van der Waals surface area contributed by atoms with Crippen LogP contribution in [0, 0.1) is 0 Å². The fourth-order valence-corrected chi connectivity index (χ4v) is 2.97. The molecule has 1 aromatic carbocycles. The molecule has 6 heteroatoms. The number of hydrogen-bond donors (Lipinski definition) is 0. The lowest BCUT2D eigenvalue weighted by atomic mass is 10.2. The lowest BCUT2D eigenvalue weighted by molar-refractivity contribution is 0.0606. The van der Waals surface area contributed by atoms with E-state index < -0.39 is 5.97 Å². The number of rotatable bonds is 4. The molecule has 0 aliphatic rings. The standard InChI is InChI=1S/C15H14BrNO3S/c1-17(9-10-3-5-11(16)6-4-10)14(18)12-7-8-13(21-12)15(19)20-2/h3-8H,9H2,1-2H3. The van der Waals surface area contributed by atoms with Gasteiger partial charge in [0.15, 0.2) is 0 Å². The Kier molecular flexibility index (Phi) is 5.14. The second kappa shape index (κ2) is 6.87. The highest BCUT2D eigenvalue weighted by Gasteiger charge is 2.17. The Morgan fingerprint density at radius 2 is 1.76 bits per heavy atom. The number of esters is 1. The van der Waals surface area contributed by atoms with E-state index in [1.807, 2.05) is 24.3 Å². The number of nitrogens with zero attached hydrogens (tertiary/aromatic N) is 1. The molecule has 0 spiro atoms. The van der Waals surface area contributed by atoms with Gasteiger partial charge in [0, 0.05) is 18.1 Å². The van der Waals surface area contributed by atoms with E-state index in [1.54, 1.807) is 24.1 Å². The van der Waals surface area contributed by atoms with Crippen molar-refractivity contribution in [3.8, 4) is 0 Å². The van der Waals surface area contributed by atoms with E-state index in [0.717, 1.165) is 21.4 Å². The topological polar surface area (TPSA) is 46.6 Å². The lowest BCUT2D eigenvalue weighted by Crippen LogP contribution is -2.25. The third-order valence-electron chi connectivity index (χ3n) is 2.88. The fraction of sp³-hybridized carbons (Fsp3) is 0.200. The number of carbonyl (C=O) groups excluding carboxylic acids is 2. The number of amides is 1. The molecule has 110 valence electrons. The molecule has 0 unspecified atom stereocenters. The summed E-state index contributed by atoms with van der Waals surface area (Å²) in [7, 11) is 3.06. The van der Waals surface area contributed by atoms with Gasteiger partial charge in [0.1, 0.15) is 4.88 Å². The summed E-state index contributed by atoms with van der Waals surface area (Å²) in [6, 6.07) is 11.1. The van der Waals surface area contributed by atoms with Crippen LogP contribution in [-0.2, 0) is 11.3 Å². The summed E-state index contributed by atoms with van der Waals surface area (Å²) in [4.78, 5) is 26.3. The van der Waals surface area contributed by atoms with Crippen molar-refractivity contribution in [2.45, 2.75) is 6.54 Å². The van der Waals surface area contributed by atoms with Crippen molar-refractivity contribution in [1.82, 2.24) is 4.90 Å². The number of thiophene rings is 1. The Balaban J connectivity index is 2.06. The first-order valence-corrected chi connectivity index (χ1v) is 7.80. The molecule has 0 saturated heterocycles. The quantitative estimate of drug-likeness (QED) is 0.776.